The molecule has 1 amide bonds. The molecule has 124 valence electrons. The monoisotopic (exact) mass is 324 g/mol. The normalized spacial score (nSPS) is 15.8. The fraction of sp³-hybridized carbons (Fsp3) is 0.471. The van der Waals surface area contributed by atoms with Crippen molar-refractivity contribution in [2.45, 2.75) is 51.1 Å². The third-order valence-electron chi connectivity index (χ3n) is 4.41. The minimum Gasteiger partial charge on any atom is -0.336 e. The third kappa shape index (κ3) is 3.43. The summed E-state index contributed by atoms with van der Waals surface area (Å²) in [6.45, 7) is 2.06. The zero-order valence-electron chi connectivity index (χ0n) is 13.7. The van der Waals surface area contributed by atoms with Crippen molar-refractivity contribution in [3.63, 3.8) is 0 Å². The molecule has 2 aromatic rings. The van der Waals surface area contributed by atoms with E-state index >= 15 is 0 Å². The summed E-state index contributed by atoms with van der Waals surface area (Å²) in [5.74, 6) is 0.227. The van der Waals surface area contributed by atoms with Gasteiger partial charge >= 0.3 is 0 Å². The smallest absolute Gasteiger partial charge is 0.244 e. The summed E-state index contributed by atoms with van der Waals surface area (Å²) >= 11 is 0. The molecule has 7 heteroatoms. The molecule has 0 spiro atoms. The largest absolute Gasteiger partial charge is 0.336 e. The maximum absolute atomic E-state index is 12.2. The van der Waals surface area contributed by atoms with Crippen molar-refractivity contribution >= 4 is 5.91 Å². The summed E-state index contributed by atoms with van der Waals surface area (Å²) in [7, 11) is 0. The highest BCUT2D eigenvalue weighted by atomic mass is 16.2. The van der Waals surface area contributed by atoms with Crippen molar-refractivity contribution in [2.75, 3.05) is 0 Å². The highest BCUT2D eigenvalue weighted by Gasteiger charge is 2.35. The van der Waals surface area contributed by atoms with Crippen LogP contribution in [0.4, 0.5) is 0 Å². The first-order valence-electron chi connectivity index (χ1n) is 8.23. The Morgan fingerprint density at radius 3 is 2.67 bits per heavy atom. The van der Waals surface area contributed by atoms with Gasteiger partial charge in [-0.2, -0.15) is 10.1 Å². The molecule has 0 bridgehead atoms. The molecule has 0 saturated heterocycles. The first kappa shape index (κ1) is 16.1. The van der Waals surface area contributed by atoms with E-state index in [9.17, 15) is 10.1 Å². The standard InChI is InChI=1S/C17H20N6O/c1-2-13-5-7-14(8-6-13)16-20-22-23(21-16)11-15(24)19-17(12-18)9-3-4-10-17/h5-8H,2-4,9-11H2,1H3,(H,19,24). The molecule has 1 saturated carbocycles. The van der Waals surface area contributed by atoms with Gasteiger partial charge in [0.15, 0.2) is 0 Å². The van der Waals surface area contributed by atoms with Gasteiger partial charge in [-0.15, -0.1) is 10.2 Å². The Hall–Kier alpha value is -2.75. The summed E-state index contributed by atoms with van der Waals surface area (Å²) in [5, 5.41) is 24.3. The molecule has 3 rings (SSSR count). The van der Waals surface area contributed by atoms with Gasteiger partial charge in [-0.25, -0.2) is 0 Å². The number of hydrogen-bond donors (Lipinski definition) is 1. The van der Waals surface area contributed by atoms with E-state index in [1.54, 1.807) is 0 Å². The molecule has 1 heterocycles. The molecule has 0 atom stereocenters. The Labute approximate surface area is 140 Å². The lowest BCUT2D eigenvalue weighted by atomic mass is 10.00. The summed E-state index contributed by atoms with van der Waals surface area (Å²) in [6, 6.07) is 10.2. The van der Waals surface area contributed by atoms with Gasteiger partial charge in [-0.1, -0.05) is 31.2 Å². The SMILES string of the molecule is CCc1ccc(-c2nnn(CC(=O)NC3(C#N)CCCC3)n2)cc1. The molecule has 1 aromatic heterocycles. The van der Waals surface area contributed by atoms with Gasteiger partial charge in [0, 0.05) is 5.56 Å². The number of amides is 1. The fourth-order valence-electron chi connectivity index (χ4n) is 2.99. The quantitative estimate of drug-likeness (QED) is 0.905. The molecule has 1 aliphatic carbocycles. The van der Waals surface area contributed by atoms with Crippen LogP contribution in [0.25, 0.3) is 11.4 Å². The van der Waals surface area contributed by atoms with Crippen LogP contribution in [0.5, 0.6) is 0 Å². The van der Waals surface area contributed by atoms with E-state index in [1.807, 2.05) is 24.3 Å². The topological polar surface area (TPSA) is 96.5 Å². The number of hydrogen-bond acceptors (Lipinski definition) is 5. The molecule has 1 aromatic carbocycles. The first-order chi connectivity index (χ1) is 11.6. The summed E-state index contributed by atoms with van der Waals surface area (Å²) < 4.78 is 0. The third-order valence-corrected chi connectivity index (χ3v) is 4.41. The number of rotatable bonds is 5. The predicted octanol–water partition coefficient (Wildman–Crippen LogP) is 1.86. The molecule has 1 N–H and O–H groups in total. The van der Waals surface area contributed by atoms with Crippen LogP contribution in [0.2, 0.25) is 0 Å². The number of nitriles is 1. The van der Waals surface area contributed by atoms with E-state index in [0.717, 1.165) is 24.8 Å². The van der Waals surface area contributed by atoms with Crippen LogP contribution in [-0.4, -0.2) is 31.7 Å². The first-order valence-corrected chi connectivity index (χ1v) is 8.23. The van der Waals surface area contributed by atoms with Crippen LogP contribution in [0.3, 0.4) is 0 Å². The number of aryl methyl sites for hydroxylation is 1. The fourth-order valence-corrected chi connectivity index (χ4v) is 2.99. The summed E-state index contributed by atoms with van der Waals surface area (Å²) in [5.41, 5.74) is 1.38. The molecule has 24 heavy (non-hydrogen) atoms. The van der Waals surface area contributed by atoms with Crippen LogP contribution in [0, 0.1) is 11.3 Å². The van der Waals surface area contributed by atoms with Crippen LogP contribution in [-0.2, 0) is 17.8 Å². The zero-order valence-corrected chi connectivity index (χ0v) is 13.7. The van der Waals surface area contributed by atoms with Gasteiger partial charge in [0.1, 0.15) is 12.1 Å². The van der Waals surface area contributed by atoms with Gasteiger partial charge in [0.25, 0.3) is 0 Å². The number of benzene rings is 1. The van der Waals surface area contributed by atoms with Gasteiger partial charge < -0.3 is 5.32 Å². The van der Waals surface area contributed by atoms with Crippen LogP contribution < -0.4 is 5.32 Å². The van der Waals surface area contributed by atoms with E-state index in [2.05, 4.69) is 33.7 Å². The molecule has 0 radical (unpaired) electrons. The van der Waals surface area contributed by atoms with Crippen LogP contribution in [0.1, 0.15) is 38.2 Å². The van der Waals surface area contributed by atoms with Crippen LogP contribution in [0.15, 0.2) is 24.3 Å². The number of nitrogens with one attached hydrogen (secondary N) is 1. The Bertz CT molecular complexity index is 752. The second-order valence-electron chi connectivity index (χ2n) is 6.14. The predicted molar refractivity (Wildman–Crippen MR) is 87.6 cm³/mol. The highest BCUT2D eigenvalue weighted by Crippen LogP contribution is 2.28. The number of tetrazole rings is 1. The zero-order chi connectivity index (χ0) is 17.0. The lowest BCUT2D eigenvalue weighted by Crippen LogP contribution is -2.46. The Morgan fingerprint density at radius 1 is 1.33 bits per heavy atom. The maximum atomic E-state index is 12.2. The Balaban J connectivity index is 1.65. The average Bonchev–Trinajstić information content (AvgIpc) is 3.25. The maximum Gasteiger partial charge on any atom is 0.244 e. The van der Waals surface area contributed by atoms with Gasteiger partial charge in [-0.3, -0.25) is 4.79 Å². The van der Waals surface area contributed by atoms with Gasteiger partial charge in [0.05, 0.1) is 6.07 Å². The Morgan fingerprint density at radius 2 is 2.04 bits per heavy atom. The van der Waals surface area contributed by atoms with Crippen molar-refractivity contribution in [3.8, 4) is 17.5 Å². The van der Waals surface area contributed by atoms with E-state index < -0.39 is 5.54 Å². The molecule has 1 fully saturated rings. The molecule has 0 unspecified atom stereocenters. The van der Waals surface area contributed by atoms with E-state index in [1.165, 1.54) is 10.4 Å². The second-order valence-corrected chi connectivity index (χ2v) is 6.14. The molecular weight excluding hydrogens is 304 g/mol. The average molecular weight is 324 g/mol. The van der Waals surface area contributed by atoms with E-state index in [-0.39, 0.29) is 12.5 Å². The second kappa shape index (κ2) is 6.79. The minimum atomic E-state index is -0.726. The lowest BCUT2D eigenvalue weighted by Gasteiger charge is -2.21. The number of aromatic nitrogens is 4. The van der Waals surface area contributed by atoms with Crippen molar-refractivity contribution in [1.29, 1.82) is 5.26 Å². The van der Waals surface area contributed by atoms with Crippen molar-refractivity contribution in [1.82, 2.24) is 25.5 Å². The van der Waals surface area contributed by atoms with Crippen LogP contribution >= 0.6 is 0 Å². The van der Waals surface area contributed by atoms with Crippen molar-refractivity contribution in [3.05, 3.63) is 29.8 Å². The molecular formula is C17H20N6O. The van der Waals surface area contributed by atoms with Crippen molar-refractivity contribution < 1.29 is 4.79 Å². The molecule has 1 aliphatic rings. The highest BCUT2D eigenvalue weighted by molar-refractivity contribution is 5.77. The van der Waals surface area contributed by atoms with Crippen molar-refractivity contribution in [2.24, 2.45) is 0 Å². The van der Waals surface area contributed by atoms with E-state index in [0.29, 0.717) is 18.7 Å². The summed E-state index contributed by atoms with van der Waals surface area (Å²) in [6.07, 6.45) is 4.31. The molecule has 7 nitrogen and oxygen atoms in total. The van der Waals surface area contributed by atoms with E-state index in [4.69, 9.17) is 0 Å². The van der Waals surface area contributed by atoms with Gasteiger partial charge in [-0.05, 0) is 42.9 Å². The molecule has 0 aliphatic heterocycles. The summed E-state index contributed by atoms with van der Waals surface area (Å²) in [4.78, 5) is 13.4. The number of carbonyl (C=O) groups excluding carboxylic acids is 1. The number of nitrogens with zero attached hydrogens (tertiary/aromatic N) is 5. The van der Waals surface area contributed by atoms with Gasteiger partial charge in [0.2, 0.25) is 11.7 Å². The Kier molecular flexibility index (Phi) is 4.56. The minimum absolute atomic E-state index is 0.0382. The number of carbonyl (C=O) groups is 1. The lowest BCUT2D eigenvalue weighted by molar-refractivity contribution is -0.123.